The molecule has 2 aromatic carbocycles. The number of carbonyl (C=O) groups excluding carboxylic acids is 2. The van der Waals surface area contributed by atoms with E-state index in [1.165, 1.54) is 4.90 Å². The Labute approximate surface area is 201 Å². The summed E-state index contributed by atoms with van der Waals surface area (Å²) >= 11 is 0. The van der Waals surface area contributed by atoms with Crippen LogP contribution < -0.4 is 5.32 Å². The first-order chi connectivity index (χ1) is 15.9. The average Bonchev–Trinajstić information content (AvgIpc) is 2.75. The number of nitrogens with zero attached hydrogens (tertiary/aromatic N) is 2. The molecule has 0 saturated carbocycles. The molecule has 2 amide bonds. The molecular weight excluding hydrogens is 454 g/mol. The standard InChI is InChI=1S/C25H33N3O5S/c1-25(2,3)33-24(30)27(4)18-19-9-8-12-21(17-19)26-23(29)22(20-10-6-5-7-11-20)28-13-15-34(31,32)16-14-28/h5-12,17,22H,13-16,18H2,1-4H3,(H,26,29). The van der Waals surface area contributed by atoms with Crippen molar-refractivity contribution in [3.8, 4) is 0 Å². The van der Waals surface area contributed by atoms with Crippen molar-refractivity contribution >= 4 is 27.5 Å². The summed E-state index contributed by atoms with van der Waals surface area (Å²) in [5.74, 6) is -0.158. The van der Waals surface area contributed by atoms with Crippen molar-refractivity contribution in [2.75, 3.05) is 37.0 Å². The van der Waals surface area contributed by atoms with Crippen LogP contribution in [0.5, 0.6) is 0 Å². The van der Waals surface area contributed by atoms with Gasteiger partial charge in [-0.25, -0.2) is 13.2 Å². The maximum absolute atomic E-state index is 13.4. The Morgan fingerprint density at radius 2 is 1.71 bits per heavy atom. The van der Waals surface area contributed by atoms with E-state index in [4.69, 9.17) is 4.74 Å². The van der Waals surface area contributed by atoms with Crippen LogP contribution in [0.25, 0.3) is 0 Å². The first-order valence-corrected chi connectivity index (χ1v) is 13.1. The summed E-state index contributed by atoms with van der Waals surface area (Å²) in [6.45, 7) is 6.37. The summed E-state index contributed by atoms with van der Waals surface area (Å²) < 4.78 is 29.2. The van der Waals surface area contributed by atoms with E-state index in [2.05, 4.69) is 5.32 Å². The quantitative estimate of drug-likeness (QED) is 0.670. The summed E-state index contributed by atoms with van der Waals surface area (Å²) in [4.78, 5) is 29.1. The van der Waals surface area contributed by atoms with Crippen LogP contribution in [-0.4, -0.2) is 67.5 Å². The fourth-order valence-corrected chi connectivity index (χ4v) is 5.01. The third-order valence-electron chi connectivity index (χ3n) is 5.43. The van der Waals surface area contributed by atoms with Crippen molar-refractivity contribution in [1.82, 2.24) is 9.80 Å². The van der Waals surface area contributed by atoms with Crippen molar-refractivity contribution in [3.05, 3.63) is 65.7 Å². The number of hydrogen-bond acceptors (Lipinski definition) is 6. The van der Waals surface area contributed by atoms with Crippen molar-refractivity contribution in [2.24, 2.45) is 0 Å². The second-order valence-electron chi connectivity index (χ2n) is 9.53. The molecule has 0 aliphatic carbocycles. The molecule has 1 N–H and O–H groups in total. The zero-order chi connectivity index (χ0) is 24.9. The summed E-state index contributed by atoms with van der Waals surface area (Å²) in [5.41, 5.74) is 1.67. The van der Waals surface area contributed by atoms with Gasteiger partial charge in [-0.3, -0.25) is 9.69 Å². The molecule has 1 atom stereocenters. The maximum Gasteiger partial charge on any atom is 0.410 e. The van der Waals surface area contributed by atoms with Crippen molar-refractivity contribution in [2.45, 2.75) is 39.0 Å². The molecule has 0 aromatic heterocycles. The van der Waals surface area contributed by atoms with Gasteiger partial charge in [-0.1, -0.05) is 42.5 Å². The highest BCUT2D eigenvalue weighted by atomic mass is 32.2. The molecule has 2 aromatic rings. The SMILES string of the molecule is CN(Cc1cccc(NC(=O)C(c2ccccc2)N2CCS(=O)(=O)CC2)c1)C(=O)OC(C)(C)C. The lowest BCUT2D eigenvalue weighted by atomic mass is 10.0. The molecule has 0 bridgehead atoms. The minimum atomic E-state index is -3.07. The van der Waals surface area contributed by atoms with Gasteiger partial charge in [-0.05, 0) is 44.0 Å². The molecular formula is C25H33N3O5S. The van der Waals surface area contributed by atoms with Crippen LogP contribution in [0.1, 0.15) is 37.9 Å². The van der Waals surface area contributed by atoms with Gasteiger partial charge in [0.15, 0.2) is 9.84 Å². The van der Waals surface area contributed by atoms with Gasteiger partial charge in [0.1, 0.15) is 11.6 Å². The Hall–Kier alpha value is -2.91. The number of nitrogens with one attached hydrogen (secondary N) is 1. The zero-order valence-corrected chi connectivity index (χ0v) is 21.0. The van der Waals surface area contributed by atoms with Gasteiger partial charge in [0, 0.05) is 32.4 Å². The van der Waals surface area contributed by atoms with Crippen molar-refractivity contribution in [3.63, 3.8) is 0 Å². The van der Waals surface area contributed by atoms with E-state index in [1.54, 1.807) is 13.1 Å². The first kappa shape index (κ1) is 25.7. The second kappa shape index (κ2) is 10.6. The normalized spacial score (nSPS) is 16.9. The van der Waals surface area contributed by atoms with E-state index in [1.807, 2.05) is 74.2 Å². The third kappa shape index (κ3) is 7.30. The average molecular weight is 488 g/mol. The first-order valence-electron chi connectivity index (χ1n) is 11.3. The summed E-state index contributed by atoms with van der Waals surface area (Å²) in [6, 6.07) is 16.1. The highest BCUT2D eigenvalue weighted by Gasteiger charge is 2.32. The number of ether oxygens (including phenoxy) is 1. The lowest BCUT2D eigenvalue weighted by Crippen LogP contribution is -2.46. The monoisotopic (exact) mass is 487 g/mol. The van der Waals surface area contributed by atoms with E-state index in [0.717, 1.165) is 11.1 Å². The van der Waals surface area contributed by atoms with Crippen molar-refractivity contribution in [1.29, 1.82) is 0 Å². The minimum absolute atomic E-state index is 0.0378. The molecule has 1 heterocycles. The largest absolute Gasteiger partial charge is 0.444 e. The molecule has 1 aliphatic heterocycles. The molecule has 34 heavy (non-hydrogen) atoms. The van der Waals surface area contributed by atoms with Crippen LogP contribution in [0.4, 0.5) is 10.5 Å². The van der Waals surface area contributed by atoms with Crippen LogP contribution in [0.2, 0.25) is 0 Å². The third-order valence-corrected chi connectivity index (χ3v) is 7.04. The van der Waals surface area contributed by atoms with E-state index in [-0.39, 0.29) is 17.4 Å². The lowest BCUT2D eigenvalue weighted by Gasteiger charge is -2.33. The Balaban J connectivity index is 1.74. The van der Waals surface area contributed by atoms with Gasteiger partial charge in [-0.2, -0.15) is 0 Å². The number of amides is 2. The number of carbonyl (C=O) groups is 2. The minimum Gasteiger partial charge on any atom is -0.444 e. The van der Waals surface area contributed by atoms with Gasteiger partial charge in [0.25, 0.3) is 0 Å². The summed E-state index contributed by atoms with van der Waals surface area (Å²) in [6.07, 6.45) is -0.425. The van der Waals surface area contributed by atoms with Gasteiger partial charge < -0.3 is 15.0 Å². The Bertz CT molecular complexity index is 1100. The lowest BCUT2D eigenvalue weighted by molar-refractivity contribution is -0.121. The fraction of sp³-hybridized carbons (Fsp3) is 0.440. The molecule has 8 nitrogen and oxygen atoms in total. The number of hydrogen-bond donors (Lipinski definition) is 1. The Morgan fingerprint density at radius 1 is 1.06 bits per heavy atom. The van der Waals surface area contributed by atoms with Gasteiger partial charge in [-0.15, -0.1) is 0 Å². The van der Waals surface area contributed by atoms with Gasteiger partial charge in [0.2, 0.25) is 5.91 Å². The summed E-state index contributed by atoms with van der Waals surface area (Å²) in [5, 5.41) is 2.97. The van der Waals surface area contributed by atoms with Gasteiger partial charge >= 0.3 is 6.09 Å². The number of rotatable bonds is 6. The molecule has 3 rings (SSSR count). The molecule has 1 saturated heterocycles. The number of anilines is 1. The molecule has 0 radical (unpaired) electrons. The van der Waals surface area contributed by atoms with E-state index < -0.39 is 27.6 Å². The van der Waals surface area contributed by atoms with E-state index in [9.17, 15) is 18.0 Å². The van der Waals surface area contributed by atoms with Crippen LogP contribution in [-0.2, 0) is 25.9 Å². The maximum atomic E-state index is 13.4. The molecule has 184 valence electrons. The predicted octanol–water partition coefficient (Wildman–Crippen LogP) is 3.46. The van der Waals surface area contributed by atoms with Crippen LogP contribution in [0.3, 0.4) is 0 Å². The number of sulfone groups is 1. The molecule has 1 unspecified atom stereocenters. The topological polar surface area (TPSA) is 96.0 Å². The van der Waals surface area contributed by atoms with E-state index in [0.29, 0.717) is 25.3 Å². The van der Waals surface area contributed by atoms with E-state index >= 15 is 0 Å². The Kier molecular flexibility index (Phi) is 7.99. The number of benzene rings is 2. The molecule has 1 fully saturated rings. The highest BCUT2D eigenvalue weighted by molar-refractivity contribution is 7.91. The summed E-state index contributed by atoms with van der Waals surface area (Å²) in [7, 11) is -1.41. The molecule has 1 aliphatic rings. The molecule has 9 heteroatoms. The van der Waals surface area contributed by atoms with Crippen LogP contribution in [0, 0.1) is 0 Å². The van der Waals surface area contributed by atoms with Crippen LogP contribution >= 0.6 is 0 Å². The fourth-order valence-electron chi connectivity index (χ4n) is 3.78. The second-order valence-corrected chi connectivity index (χ2v) is 11.8. The Morgan fingerprint density at radius 3 is 2.32 bits per heavy atom. The molecule has 0 spiro atoms. The van der Waals surface area contributed by atoms with Crippen molar-refractivity contribution < 1.29 is 22.7 Å². The highest BCUT2D eigenvalue weighted by Crippen LogP contribution is 2.25. The van der Waals surface area contributed by atoms with Gasteiger partial charge in [0.05, 0.1) is 11.5 Å². The smallest absolute Gasteiger partial charge is 0.410 e. The predicted molar refractivity (Wildman–Crippen MR) is 132 cm³/mol. The van der Waals surface area contributed by atoms with Crippen LogP contribution in [0.15, 0.2) is 54.6 Å². The zero-order valence-electron chi connectivity index (χ0n) is 20.2.